The fraction of sp³-hybridized carbons (Fsp3) is 0.167. The SMILES string of the molecule is N#C[C@H](c1ccc(F)cc1)c1ccc2c(C(F)(F)F)cc(C(F)(F)F)nc2n1. The van der Waals surface area contributed by atoms with Gasteiger partial charge in [0.25, 0.3) is 0 Å². The van der Waals surface area contributed by atoms with Crippen molar-refractivity contribution in [3.05, 3.63) is 70.8 Å². The second-order valence-electron chi connectivity index (χ2n) is 5.77. The van der Waals surface area contributed by atoms with Gasteiger partial charge in [0, 0.05) is 5.39 Å². The summed E-state index contributed by atoms with van der Waals surface area (Å²) in [6.07, 6.45) is -10.2. The van der Waals surface area contributed by atoms with Crippen LogP contribution >= 0.6 is 0 Å². The van der Waals surface area contributed by atoms with Crippen molar-refractivity contribution >= 4 is 11.0 Å². The summed E-state index contributed by atoms with van der Waals surface area (Å²) in [6, 6.07) is 8.48. The first-order chi connectivity index (χ1) is 13.0. The van der Waals surface area contributed by atoms with E-state index in [1.165, 1.54) is 12.1 Å². The maximum absolute atomic E-state index is 13.2. The minimum atomic E-state index is -5.11. The summed E-state index contributed by atoms with van der Waals surface area (Å²) in [5, 5.41) is 8.75. The number of aromatic nitrogens is 2. The van der Waals surface area contributed by atoms with Crippen LogP contribution in [0.4, 0.5) is 30.7 Å². The molecule has 0 aliphatic rings. The molecule has 0 aliphatic heterocycles. The third-order valence-electron chi connectivity index (χ3n) is 3.92. The topological polar surface area (TPSA) is 49.6 Å². The van der Waals surface area contributed by atoms with Crippen LogP contribution in [-0.2, 0) is 12.4 Å². The molecule has 0 bridgehead atoms. The van der Waals surface area contributed by atoms with E-state index in [9.17, 15) is 36.0 Å². The molecule has 144 valence electrons. The van der Waals surface area contributed by atoms with Crippen molar-refractivity contribution < 1.29 is 30.7 Å². The molecule has 0 radical (unpaired) electrons. The van der Waals surface area contributed by atoms with Gasteiger partial charge in [-0.05, 0) is 35.9 Å². The molecular weight excluding hydrogens is 391 g/mol. The highest BCUT2D eigenvalue weighted by Crippen LogP contribution is 2.38. The molecule has 0 amide bonds. The number of hydrogen-bond acceptors (Lipinski definition) is 3. The summed E-state index contributed by atoms with van der Waals surface area (Å²) in [6.45, 7) is 0. The molecule has 0 saturated heterocycles. The first-order valence-corrected chi connectivity index (χ1v) is 7.62. The lowest BCUT2D eigenvalue weighted by molar-refractivity contribution is -0.144. The summed E-state index contributed by atoms with van der Waals surface area (Å²) < 4.78 is 91.6. The molecule has 3 rings (SSSR count). The van der Waals surface area contributed by atoms with Crippen molar-refractivity contribution in [2.45, 2.75) is 18.3 Å². The van der Waals surface area contributed by atoms with Crippen LogP contribution in [0.15, 0.2) is 42.5 Å². The number of nitrogens with zero attached hydrogens (tertiary/aromatic N) is 3. The molecule has 10 heteroatoms. The van der Waals surface area contributed by atoms with Crippen molar-refractivity contribution in [2.75, 3.05) is 0 Å². The van der Waals surface area contributed by atoms with Crippen LogP contribution in [0.2, 0.25) is 0 Å². The van der Waals surface area contributed by atoms with E-state index in [2.05, 4.69) is 9.97 Å². The molecular formula is C18H8F7N3. The number of rotatable bonds is 2. The zero-order valence-corrected chi connectivity index (χ0v) is 13.6. The number of fused-ring (bicyclic) bond motifs is 1. The molecule has 0 aliphatic carbocycles. The fourth-order valence-electron chi connectivity index (χ4n) is 2.63. The third-order valence-corrected chi connectivity index (χ3v) is 3.92. The van der Waals surface area contributed by atoms with Gasteiger partial charge in [-0.3, -0.25) is 0 Å². The van der Waals surface area contributed by atoms with Gasteiger partial charge in [-0.25, -0.2) is 14.4 Å². The Morgan fingerprint density at radius 3 is 2.04 bits per heavy atom. The van der Waals surface area contributed by atoms with E-state index in [4.69, 9.17) is 0 Å². The predicted molar refractivity (Wildman–Crippen MR) is 83.4 cm³/mol. The molecule has 0 fully saturated rings. The van der Waals surface area contributed by atoms with Crippen LogP contribution < -0.4 is 0 Å². The first-order valence-electron chi connectivity index (χ1n) is 7.62. The monoisotopic (exact) mass is 399 g/mol. The van der Waals surface area contributed by atoms with Crippen LogP contribution in [0.5, 0.6) is 0 Å². The number of alkyl halides is 6. The molecule has 28 heavy (non-hydrogen) atoms. The maximum Gasteiger partial charge on any atom is 0.433 e. The minimum absolute atomic E-state index is 0.0779. The molecule has 0 spiro atoms. The number of halogens is 7. The van der Waals surface area contributed by atoms with E-state index in [-0.39, 0.29) is 17.3 Å². The molecule has 0 N–H and O–H groups in total. The van der Waals surface area contributed by atoms with Gasteiger partial charge >= 0.3 is 12.4 Å². The van der Waals surface area contributed by atoms with Gasteiger partial charge < -0.3 is 0 Å². The van der Waals surface area contributed by atoms with Gasteiger partial charge in [-0.2, -0.15) is 31.6 Å². The van der Waals surface area contributed by atoms with Gasteiger partial charge in [0.15, 0.2) is 5.65 Å². The Morgan fingerprint density at radius 2 is 1.50 bits per heavy atom. The lowest BCUT2D eigenvalue weighted by Crippen LogP contribution is -2.14. The van der Waals surface area contributed by atoms with E-state index >= 15 is 0 Å². The molecule has 1 aromatic carbocycles. The molecule has 0 unspecified atom stereocenters. The Bertz CT molecular complexity index is 1060. The van der Waals surface area contributed by atoms with Gasteiger partial charge in [0.2, 0.25) is 0 Å². The Labute approximate surface area is 153 Å². The van der Waals surface area contributed by atoms with Crippen LogP contribution in [0.25, 0.3) is 11.0 Å². The summed E-state index contributed by atoms with van der Waals surface area (Å²) in [5.41, 5.74) is -3.89. The molecule has 2 heterocycles. The second-order valence-corrected chi connectivity index (χ2v) is 5.77. The average Bonchev–Trinajstić information content (AvgIpc) is 2.61. The van der Waals surface area contributed by atoms with E-state index in [0.717, 1.165) is 24.3 Å². The Balaban J connectivity index is 2.22. The Hall–Kier alpha value is -3.22. The number of hydrogen-bond donors (Lipinski definition) is 0. The average molecular weight is 399 g/mol. The van der Waals surface area contributed by atoms with Crippen molar-refractivity contribution in [2.24, 2.45) is 0 Å². The van der Waals surface area contributed by atoms with Crippen molar-refractivity contribution in [1.82, 2.24) is 9.97 Å². The molecule has 3 aromatic rings. The molecule has 3 nitrogen and oxygen atoms in total. The number of nitriles is 1. The van der Waals surface area contributed by atoms with E-state index in [0.29, 0.717) is 0 Å². The summed E-state index contributed by atoms with van der Waals surface area (Å²) in [5.74, 6) is -1.70. The molecule has 0 saturated carbocycles. The van der Waals surface area contributed by atoms with E-state index < -0.39 is 46.4 Å². The van der Waals surface area contributed by atoms with Crippen LogP contribution in [0, 0.1) is 17.1 Å². The van der Waals surface area contributed by atoms with Gasteiger partial charge in [0.05, 0.1) is 17.3 Å². The third kappa shape index (κ3) is 3.74. The Morgan fingerprint density at radius 1 is 0.857 bits per heavy atom. The minimum Gasteiger partial charge on any atom is -0.231 e. The summed E-state index contributed by atoms with van der Waals surface area (Å²) in [4.78, 5) is 6.97. The lowest BCUT2D eigenvalue weighted by Gasteiger charge is -2.15. The van der Waals surface area contributed by atoms with Crippen molar-refractivity contribution in [3.8, 4) is 6.07 Å². The van der Waals surface area contributed by atoms with E-state index in [1.54, 1.807) is 0 Å². The quantitative estimate of drug-likeness (QED) is 0.538. The van der Waals surface area contributed by atoms with Crippen LogP contribution in [0.1, 0.15) is 28.4 Å². The normalized spacial score (nSPS) is 13.4. The van der Waals surface area contributed by atoms with Crippen molar-refractivity contribution in [3.63, 3.8) is 0 Å². The van der Waals surface area contributed by atoms with Crippen LogP contribution in [-0.4, -0.2) is 9.97 Å². The standard InChI is InChI=1S/C18H8F7N3/c19-10-3-1-9(2-4-10)12(8-26)14-6-5-11-13(17(20,21)22)7-15(18(23,24)25)28-16(11)27-14/h1-7,12H/t12-/m1/s1. The highest BCUT2D eigenvalue weighted by molar-refractivity contribution is 5.80. The molecule has 2 aromatic heterocycles. The maximum atomic E-state index is 13.2. The number of pyridine rings is 2. The zero-order chi connectivity index (χ0) is 20.7. The largest absolute Gasteiger partial charge is 0.433 e. The predicted octanol–water partition coefficient (Wildman–Crippen LogP) is 5.46. The lowest BCUT2D eigenvalue weighted by atomic mass is 9.96. The number of benzene rings is 1. The van der Waals surface area contributed by atoms with Crippen LogP contribution in [0.3, 0.4) is 0 Å². The fourth-order valence-corrected chi connectivity index (χ4v) is 2.63. The molecule has 1 atom stereocenters. The van der Waals surface area contributed by atoms with Gasteiger partial charge in [-0.15, -0.1) is 0 Å². The first kappa shape index (κ1) is 19.5. The van der Waals surface area contributed by atoms with Gasteiger partial charge in [-0.1, -0.05) is 12.1 Å². The Kier molecular flexibility index (Phi) is 4.71. The highest BCUT2D eigenvalue weighted by Gasteiger charge is 2.39. The second kappa shape index (κ2) is 6.74. The smallest absolute Gasteiger partial charge is 0.231 e. The van der Waals surface area contributed by atoms with Crippen molar-refractivity contribution in [1.29, 1.82) is 5.26 Å². The summed E-state index contributed by atoms with van der Waals surface area (Å²) >= 11 is 0. The highest BCUT2D eigenvalue weighted by atomic mass is 19.4. The van der Waals surface area contributed by atoms with E-state index in [1.807, 2.05) is 6.07 Å². The zero-order valence-electron chi connectivity index (χ0n) is 13.6. The summed E-state index contributed by atoms with van der Waals surface area (Å²) in [7, 11) is 0. The van der Waals surface area contributed by atoms with Gasteiger partial charge in [0.1, 0.15) is 17.4 Å².